The van der Waals surface area contributed by atoms with E-state index < -0.39 is 0 Å². The van der Waals surface area contributed by atoms with Crippen molar-refractivity contribution in [2.45, 2.75) is 40.8 Å². The fraction of sp³-hybridized carbons (Fsp3) is 0.368. The number of hydrogen-bond donors (Lipinski definition) is 2. The van der Waals surface area contributed by atoms with Crippen LogP contribution in [0.5, 0.6) is 0 Å². The van der Waals surface area contributed by atoms with Crippen LogP contribution in [0.4, 0.5) is 5.82 Å². The smallest absolute Gasteiger partial charge is 0.166 e. The molecule has 0 unspecified atom stereocenters. The minimum atomic E-state index is 0.0457. The molecule has 6 nitrogen and oxygen atoms in total. The van der Waals surface area contributed by atoms with Crippen LogP contribution < -0.4 is 5.32 Å². The van der Waals surface area contributed by atoms with Crippen LogP contribution in [0.3, 0.4) is 0 Å². The molecule has 7 heteroatoms. The monoisotopic (exact) mass is 372 g/mol. The highest BCUT2D eigenvalue weighted by molar-refractivity contribution is 7.26. The van der Waals surface area contributed by atoms with Gasteiger partial charge >= 0.3 is 0 Å². The van der Waals surface area contributed by atoms with E-state index >= 15 is 0 Å². The second-order valence-electron chi connectivity index (χ2n) is 5.77. The number of thiophene rings is 1. The average molecular weight is 372 g/mol. The Balaban J connectivity index is 0.000000948. The lowest BCUT2D eigenvalue weighted by atomic mass is 10.1. The van der Waals surface area contributed by atoms with Gasteiger partial charge in [-0.2, -0.15) is 5.10 Å². The largest absolute Gasteiger partial charge is 0.467 e. The number of aliphatic hydroxyl groups excluding tert-OH is 1. The van der Waals surface area contributed by atoms with Crippen LogP contribution in [0.1, 0.15) is 30.9 Å². The zero-order valence-corrected chi connectivity index (χ0v) is 16.4. The lowest BCUT2D eigenvalue weighted by Crippen LogP contribution is -2.05. The summed E-state index contributed by atoms with van der Waals surface area (Å²) in [6.07, 6.45) is 1.66. The van der Waals surface area contributed by atoms with Gasteiger partial charge in [0, 0.05) is 11.1 Å². The number of nitrogens with one attached hydrogen (secondary N) is 1. The fourth-order valence-corrected chi connectivity index (χ4v) is 4.26. The number of hydrogen-bond acceptors (Lipinski definition) is 6. The van der Waals surface area contributed by atoms with Crippen molar-refractivity contribution in [1.82, 2.24) is 14.8 Å². The molecule has 0 aromatic carbocycles. The predicted molar refractivity (Wildman–Crippen MR) is 107 cm³/mol. The van der Waals surface area contributed by atoms with E-state index in [0.717, 1.165) is 37.7 Å². The highest BCUT2D eigenvalue weighted by Gasteiger charge is 2.19. The van der Waals surface area contributed by atoms with Crippen molar-refractivity contribution in [3.05, 3.63) is 41.5 Å². The number of nitrogens with zero attached hydrogens (tertiary/aromatic N) is 3. The molecular formula is C19H24N4O2S. The minimum absolute atomic E-state index is 0.0457. The van der Waals surface area contributed by atoms with E-state index in [4.69, 9.17) is 4.42 Å². The van der Waals surface area contributed by atoms with Crippen LogP contribution in [0, 0.1) is 13.8 Å². The summed E-state index contributed by atoms with van der Waals surface area (Å²) in [5.74, 6) is 1.65. The highest BCUT2D eigenvalue weighted by Crippen LogP contribution is 2.39. The summed E-state index contributed by atoms with van der Waals surface area (Å²) in [6.45, 7) is 9.17. The third-order valence-corrected chi connectivity index (χ3v) is 5.06. The summed E-state index contributed by atoms with van der Waals surface area (Å²) >= 11 is 1.63. The molecule has 0 aliphatic carbocycles. The first-order chi connectivity index (χ1) is 12.7. The van der Waals surface area contributed by atoms with Crippen molar-refractivity contribution in [3.63, 3.8) is 0 Å². The third-order valence-electron chi connectivity index (χ3n) is 3.98. The second-order valence-corrected chi connectivity index (χ2v) is 6.77. The number of anilines is 1. The molecule has 0 fully saturated rings. The van der Waals surface area contributed by atoms with Crippen LogP contribution in [0.25, 0.3) is 20.4 Å². The molecule has 0 saturated heterocycles. The number of aliphatic hydroxyl groups is 1. The zero-order valence-electron chi connectivity index (χ0n) is 15.5. The molecule has 0 aliphatic heterocycles. The number of furan rings is 1. The van der Waals surface area contributed by atoms with Crippen molar-refractivity contribution in [2.24, 2.45) is 0 Å². The number of aromatic nitrogens is 3. The first-order valence-electron chi connectivity index (χ1n) is 8.81. The molecule has 4 rings (SSSR count). The number of pyridine rings is 1. The Kier molecular flexibility index (Phi) is 5.58. The predicted octanol–water partition coefficient (Wildman–Crippen LogP) is 4.49. The molecule has 0 saturated carbocycles. The summed E-state index contributed by atoms with van der Waals surface area (Å²) < 4.78 is 8.29. The van der Waals surface area contributed by atoms with Gasteiger partial charge in [0.1, 0.15) is 10.6 Å². The summed E-state index contributed by atoms with van der Waals surface area (Å²) in [7, 11) is 0. The summed E-state index contributed by atoms with van der Waals surface area (Å²) in [5.41, 5.74) is 3.23. The Morgan fingerprint density at radius 3 is 2.81 bits per heavy atom. The molecule has 0 radical (unpaired) electrons. The van der Waals surface area contributed by atoms with E-state index in [0.29, 0.717) is 13.1 Å². The van der Waals surface area contributed by atoms with Gasteiger partial charge in [-0.05, 0) is 37.6 Å². The summed E-state index contributed by atoms with van der Waals surface area (Å²) in [4.78, 5) is 5.67. The Bertz CT molecular complexity index is 1000. The number of fused-ring (bicyclic) bond motifs is 3. The number of aryl methyl sites for hydroxylation is 2. The number of rotatable bonds is 5. The molecule has 4 aromatic heterocycles. The molecular weight excluding hydrogens is 348 g/mol. The van der Waals surface area contributed by atoms with Gasteiger partial charge in [0.2, 0.25) is 0 Å². The Morgan fingerprint density at radius 2 is 2.12 bits per heavy atom. The molecule has 26 heavy (non-hydrogen) atoms. The zero-order chi connectivity index (χ0) is 18.7. The average Bonchev–Trinajstić information content (AvgIpc) is 3.32. The molecule has 4 heterocycles. The molecule has 138 valence electrons. The molecule has 2 N–H and O–H groups in total. The minimum Gasteiger partial charge on any atom is -0.467 e. The maximum absolute atomic E-state index is 9.38. The molecule has 0 atom stereocenters. The topological polar surface area (TPSA) is 76.1 Å². The van der Waals surface area contributed by atoms with Gasteiger partial charge in [0.15, 0.2) is 5.82 Å². The molecule has 0 spiro atoms. The van der Waals surface area contributed by atoms with E-state index in [2.05, 4.69) is 28.4 Å². The summed E-state index contributed by atoms with van der Waals surface area (Å²) in [5, 5.41) is 18.5. The van der Waals surface area contributed by atoms with E-state index in [-0.39, 0.29) is 6.61 Å². The first-order valence-corrected chi connectivity index (χ1v) is 9.63. The van der Waals surface area contributed by atoms with Crippen LogP contribution in [-0.2, 0) is 13.1 Å². The van der Waals surface area contributed by atoms with Crippen LogP contribution in [0.2, 0.25) is 0 Å². The fourth-order valence-electron chi connectivity index (χ4n) is 3.00. The van der Waals surface area contributed by atoms with Gasteiger partial charge in [-0.25, -0.2) is 4.98 Å². The Hall–Kier alpha value is -2.38. The van der Waals surface area contributed by atoms with E-state index in [1.807, 2.05) is 37.6 Å². The van der Waals surface area contributed by atoms with Gasteiger partial charge < -0.3 is 14.8 Å². The summed E-state index contributed by atoms with van der Waals surface area (Å²) in [6, 6.07) is 5.88. The second kappa shape index (κ2) is 7.88. The maximum atomic E-state index is 9.38. The van der Waals surface area contributed by atoms with E-state index in [9.17, 15) is 5.11 Å². The molecule has 0 aliphatic rings. The standard InChI is InChI=1S/C17H18N4O2S.C2H6/c1-10-8-11(2)19-17-13(10)14-15(24-17)16(20-21(14)5-6-22)18-9-12-4-3-7-23-12;1-2/h3-4,7-8,22H,5-6,9H2,1-2H3,(H,18,20);1-2H3. The third kappa shape index (κ3) is 3.32. The quantitative estimate of drug-likeness (QED) is 0.540. The van der Waals surface area contributed by atoms with Crippen molar-refractivity contribution in [2.75, 3.05) is 11.9 Å². The van der Waals surface area contributed by atoms with Crippen molar-refractivity contribution in [3.8, 4) is 0 Å². The van der Waals surface area contributed by atoms with Gasteiger partial charge in [-0.15, -0.1) is 11.3 Å². The van der Waals surface area contributed by atoms with Gasteiger partial charge in [0.05, 0.1) is 36.2 Å². The Labute approximate surface area is 156 Å². The van der Waals surface area contributed by atoms with Gasteiger partial charge in [-0.3, -0.25) is 4.68 Å². The van der Waals surface area contributed by atoms with Crippen LogP contribution in [-0.4, -0.2) is 26.5 Å². The van der Waals surface area contributed by atoms with Crippen molar-refractivity contribution in [1.29, 1.82) is 0 Å². The van der Waals surface area contributed by atoms with E-state index in [1.165, 1.54) is 5.56 Å². The molecule has 0 bridgehead atoms. The molecule has 0 amide bonds. The van der Waals surface area contributed by atoms with Gasteiger partial charge in [-0.1, -0.05) is 13.8 Å². The molecule has 4 aromatic rings. The Morgan fingerprint density at radius 1 is 1.31 bits per heavy atom. The highest BCUT2D eigenvalue weighted by atomic mass is 32.1. The van der Waals surface area contributed by atoms with Crippen LogP contribution in [0.15, 0.2) is 28.9 Å². The van der Waals surface area contributed by atoms with Crippen LogP contribution >= 0.6 is 11.3 Å². The van der Waals surface area contributed by atoms with Gasteiger partial charge in [0.25, 0.3) is 0 Å². The maximum Gasteiger partial charge on any atom is 0.166 e. The van der Waals surface area contributed by atoms with E-state index in [1.54, 1.807) is 17.6 Å². The van der Waals surface area contributed by atoms with Crippen molar-refractivity contribution < 1.29 is 9.52 Å². The normalized spacial score (nSPS) is 11.0. The van der Waals surface area contributed by atoms with Crippen molar-refractivity contribution >= 4 is 37.6 Å². The lowest BCUT2D eigenvalue weighted by Gasteiger charge is -2.03. The first kappa shape index (κ1) is 18.4. The lowest BCUT2D eigenvalue weighted by molar-refractivity contribution is 0.272. The SMILES string of the molecule is CC.Cc1cc(C)c2c(n1)sc1c(NCc3ccco3)nn(CCO)c12.